The lowest BCUT2D eigenvalue weighted by atomic mass is 10.0. The summed E-state index contributed by atoms with van der Waals surface area (Å²) in [5.41, 5.74) is 12.1. The lowest BCUT2D eigenvalue weighted by molar-refractivity contribution is -0.143. The first-order valence-corrected chi connectivity index (χ1v) is 11.5. The number of carbonyl (C=O) groups is 5. The number of aromatic nitrogens is 2. The molecular weight excluding hydrogens is 502 g/mol. The van der Waals surface area contributed by atoms with Crippen LogP contribution in [0.5, 0.6) is 5.75 Å². The van der Waals surface area contributed by atoms with E-state index < -0.39 is 66.3 Å². The average molecular weight is 534 g/mol. The van der Waals surface area contributed by atoms with Gasteiger partial charge in [-0.05, 0) is 24.6 Å². The summed E-state index contributed by atoms with van der Waals surface area (Å²) in [4.78, 5) is 68.1. The van der Waals surface area contributed by atoms with Crippen LogP contribution in [0.1, 0.15) is 24.6 Å². The number of hydrogen-bond donors (Lipinski definition) is 9. The standard InChI is InChI=1S/C23H31N7O8/c1-11(31)19(22(36)29-17(23(37)38)6-12-2-4-14(32)5-3-12)30-21(35)16(8-18(25)33)28-20(34)15(24)7-13-9-26-10-27-13/h2-5,9-11,15-17,19,31-32H,6-8,24H2,1H3,(H2,25,33)(H,26,27)(H,28,34)(H,29,36)(H,30,35)(H,37,38). The summed E-state index contributed by atoms with van der Waals surface area (Å²) >= 11 is 0. The highest BCUT2D eigenvalue weighted by Gasteiger charge is 2.33. The van der Waals surface area contributed by atoms with E-state index in [0.29, 0.717) is 11.3 Å². The van der Waals surface area contributed by atoms with Crippen LogP contribution in [0.3, 0.4) is 0 Å². The lowest BCUT2D eigenvalue weighted by Crippen LogP contribution is -2.60. The van der Waals surface area contributed by atoms with Crippen molar-refractivity contribution in [2.45, 2.75) is 56.5 Å². The fourth-order valence-electron chi connectivity index (χ4n) is 3.40. The van der Waals surface area contributed by atoms with Crippen LogP contribution in [0.25, 0.3) is 0 Å². The molecule has 5 unspecified atom stereocenters. The summed E-state index contributed by atoms with van der Waals surface area (Å²) in [6.07, 6.45) is 0.613. The van der Waals surface area contributed by atoms with E-state index in [0.717, 1.165) is 0 Å². The van der Waals surface area contributed by atoms with E-state index in [-0.39, 0.29) is 18.6 Å². The number of aliphatic hydroxyl groups excluding tert-OH is 1. The Balaban J connectivity index is 2.10. The summed E-state index contributed by atoms with van der Waals surface area (Å²) < 4.78 is 0. The highest BCUT2D eigenvalue weighted by atomic mass is 16.4. The molecule has 206 valence electrons. The van der Waals surface area contributed by atoms with E-state index in [2.05, 4.69) is 25.9 Å². The van der Waals surface area contributed by atoms with Gasteiger partial charge in [0.2, 0.25) is 23.6 Å². The van der Waals surface area contributed by atoms with Crippen LogP contribution < -0.4 is 27.4 Å². The van der Waals surface area contributed by atoms with Gasteiger partial charge in [-0.2, -0.15) is 0 Å². The molecule has 0 radical (unpaired) electrons. The molecule has 0 aliphatic carbocycles. The van der Waals surface area contributed by atoms with Gasteiger partial charge in [0, 0.05) is 24.7 Å². The molecule has 1 heterocycles. The molecule has 5 atom stereocenters. The second kappa shape index (κ2) is 13.7. The van der Waals surface area contributed by atoms with Crippen molar-refractivity contribution < 1.29 is 39.3 Å². The van der Waals surface area contributed by atoms with Crippen LogP contribution in [-0.4, -0.2) is 85.2 Å². The number of carbonyl (C=O) groups excluding carboxylic acids is 4. The van der Waals surface area contributed by atoms with E-state index in [1.54, 1.807) is 0 Å². The van der Waals surface area contributed by atoms with Gasteiger partial charge in [0.25, 0.3) is 0 Å². The van der Waals surface area contributed by atoms with Crippen molar-refractivity contribution in [2.24, 2.45) is 11.5 Å². The van der Waals surface area contributed by atoms with Crippen molar-refractivity contribution >= 4 is 29.6 Å². The number of carboxylic acid groups (broad SMARTS) is 1. The fourth-order valence-corrected chi connectivity index (χ4v) is 3.40. The third kappa shape index (κ3) is 9.18. The van der Waals surface area contributed by atoms with Gasteiger partial charge in [0.1, 0.15) is 23.9 Å². The maximum atomic E-state index is 12.9. The van der Waals surface area contributed by atoms with E-state index in [9.17, 15) is 39.3 Å². The monoisotopic (exact) mass is 533 g/mol. The molecule has 1 aromatic carbocycles. The maximum absolute atomic E-state index is 12.9. The Bertz CT molecular complexity index is 1120. The van der Waals surface area contributed by atoms with Crippen molar-refractivity contribution in [3.05, 3.63) is 48.0 Å². The van der Waals surface area contributed by atoms with Crippen LogP contribution in [-0.2, 0) is 36.8 Å². The van der Waals surface area contributed by atoms with Gasteiger partial charge in [0.15, 0.2) is 0 Å². The van der Waals surface area contributed by atoms with Crippen molar-refractivity contribution in [2.75, 3.05) is 0 Å². The molecule has 2 rings (SSSR count). The van der Waals surface area contributed by atoms with Crippen LogP contribution in [0.2, 0.25) is 0 Å². The molecule has 11 N–H and O–H groups in total. The molecule has 0 fully saturated rings. The van der Waals surface area contributed by atoms with Crippen molar-refractivity contribution in [1.82, 2.24) is 25.9 Å². The Kier molecular flexibility index (Phi) is 10.7. The number of aliphatic carboxylic acids is 1. The van der Waals surface area contributed by atoms with Crippen LogP contribution >= 0.6 is 0 Å². The predicted octanol–water partition coefficient (Wildman–Crippen LogP) is -2.98. The quantitative estimate of drug-likeness (QED) is 0.119. The van der Waals surface area contributed by atoms with Crippen LogP contribution in [0.4, 0.5) is 0 Å². The molecule has 15 nitrogen and oxygen atoms in total. The minimum atomic E-state index is -1.64. The summed E-state index contributed by atoms with van der Waals surface area (Å²) in [6.45, 7) is 1.18. The molecule has 0 saturated carbocycles. The Morgan fingerprint density at radius 2 is 1.61 bits per heavy atom. The summed E-state index contributed by atoms with van der Waals surface area (Å²) in [6, 6.07) is -0.0907. The number of nitrogens with two attached hydrogens (primary N) is 2. The fraction of sp³-hybridized carbons (Fsp3) is 0.391. The van der Waals surface area contributed by atoms with Crippen LogP contribution in [0, 0.1) is 0 Å². The predicted molar refractivity (Wildman–Crippen MR) is 131 cm³/mol. The molecule has 2 aromatic rings. The zero-order chi connectivity index (χ0) is 28.4. The normalized spacial score (nSPS) is 14.8. The molecule has 0 aliphatic heterocycles. The van der Waals surface area contributed by atoms with E-state index in [1.807, 2.05) is 0 Å². The number of benzene rings is 1. The molecule has 0 aliphatic rings. The van der Waals surface area contributed by atoms with Crippen molar-refractivity contribution in [3.8, 4) is 5.75 Å². The maximum Gasteiger partial charge on any atom is 0.326 e. The molecule has 0 bridgehead atoms. The zero-order valence-corrected chi connectivity index (χ0v) is 20.5. The number of nitrogens with zero attached hydrogens (tertiary/aromatic N) is 1. The number of H-pyrrole nitrogens is 1. The number of phenolic OH excluding ortho intramolecular Hbond substituents is 1. The van der Waals surface area contributed by atoms with E-state index in [4.69, 9.17) is 11.5 Å². The SMILES string of the molecule is CC(O)C(NC(=O)C(CC(N)=O)NC(=O)C(N)Cc1cnc[nH]1)C(=O)NC(Cc1ccc(O)cc1)C(=O)O. The van der Waals surface area contributed by atoms with Crippen molar-refractivity contribution in [3.63, 3.8) is 0 Å². The minimum absolute atomic E-state index is 0.0265. The van der Waals surface area contributed by atoms with Gasteiger partial charge >= 0.3 is 5.97 Å². The number of nitrogens with one attached hydrogen (secondary N) is 4. The molecule has 38 heavy (non-hydrogen) atoms. The van der Waals surface area contributed by atoms with Gasteiger partial charge in [0.05, 0.1) is 24.9 Å². The van der Waals surface area contributed by atoms with E-state index >= 15 is 0 Å². The number of primary amides is 1. The number of carboxylic acids is 1. The van der Waals surface area contributed by atoms with E-state index in [1.165, 1.54) is 43.7 Å². The Labute approximate surface area is 217 Å². The molecule has 0 spiro atoms. The first kappa shape index (κ1) is 29.7. The lowest BCUT2D eigenvalue weighted by Gasteiger charge is -2.26. The van der Waals surface area contributed by atoms with Gasteiger partial charge in [-0.3, -0.25) is 19.2 Å². The van der Waals surface area contributed by atoms with Gasteiger partial charge < -0.3 is 47.7 Å². The number of rotatable bonds is 14. The molecule has 15 heteroatoms. The number of hydrogen-bond acceptors (Lipinski definition) is 9. The number of aromatic hydroxyl groups is 1. The third-order valence-electron chi connectivity index (χ3n) is 5.42. The smallest absolute Gasteiger partial charge is 0.326 e. The first-order chi connectivity index (χ1) is 17.9. The Morgan fingerprint density at radius 1 is 0.974 bits per heavy atom. The van der Waals surface area contributed by atoms with Crippen molar-refractivity contribution in [1.29, 1.82) is 0 Å². The summed E-state index contributed by atoms with van der Waals surface area (Å²) in [5, 5.41) is 35.8. The number of imidazole rings is 1. The average Bonchev–Trinajstić information content (AvgIpc) is 3.35. The van der Waals surface area contributed by atoms with Gasteiger partial charge in [-0.1, -0.05) is 12.1 Å². The highest BCUT2D eigenvalue weighted by molar-refractivity contribution is 5.96. The first-order valence-electron chi connectivity index (χ1n) is 11.5. The van der Waals surface area contributed by atoms with Gasteiger partial charge in [-0.15, -0.1) is 0 Å². The largest absolute Gasteiger partial charge is 0.508 e. The number of aromatic amines is 1. The number of aliphatic hydroxyl groups is 1. The second-order valence-corrected chi connectivity index (χ2v) is 8.62. The third-order valence-corrected chi connectivity index (χ3v) is 5.42. The highest BCUT2D eigenvalue weighted by Crippen LogP contribution is 2.12. The topological polar surface area (TPSA) is 263 Å². The van der Waals surface area contributed by atoms with Gasteiger partial charge in [-0.25, -0.2) is 9.78 Å². The Morgan fingerprint density at radius 3 is 2.13 bits per heavy atom. The number of amides is 4. The second-order valence-electron chi connectivity index (χ2n) is 8.62. The Hall–Kier alpha value is -4.50. The minimum Gasteiger partial charge on any atom is -0.508 e. The molecule has 0 saturated heterocycles. The molecule has 1 aromatic heterocycles. The summed E-state index contributed by atoms with van der Waals surface area (Å²) in [7, 11) is 0. The molecule has 4 amide bonds. The van der Waals surface area contributed by atoms with Crippen LogP contribution in [0.15, 0.2) is 36.8 Å². The number of phenols is 1. The summed E-state index contributed by atoms with van der Waals surface area (Å²) in [5.74, 6) is -5.20. The zero-order valence-electron chi connectivity index (χ0n) is 20.5. The molecular formula is C23H31N7O8.